The second-order valence-electron chi connectivity index (χ2n) is 3.75. The van der Waals surface area contributed by atoms with Gasteiger partial charge in [-0.3, -0.25) is 0 Å². The number of halogens is 1. The molecular weight excluding hydrogens is 266 g/mol. The SMILES string of the molecule is Cc1ccc(-c2nc(CCN)[nH]c2Br)cc1. The molecule has 0 aliphatic heterocycles. The minimum atomic E-state index is 0.604. The van der Waals surface area contributed by atoms with Crippen molar-refractivity contribution in [1.82, 2.24) is 9.97 Å². The number of benzene rings is 1. The highest BCUT2D eigenvalue weighted by Gasteiger charge is 2.09. The van der Waals surface area contributed by atoms with Crippen LogP contribution in [0.3, 0.4) is 0 Å². The minimum Gasteiger partial charge on any atom is -0.336 e. The average molecular weight is 280 g/mol. The van der Waals surface area contributed by atoms with Crippen LogP contribution in [-0.4, -0.2) is 16.5 Å². The normalized spacial score (nSPS) is 10.7. The first-order chi connectivity index (χ1) is 7.70. The molecule has 2 aromatic rings. The van der Waals surface area contributed by atoms with Crippen molar-refractivity contribution in [1.29, 1.82) is 0 Å². The standard InChI is InChI=1S/C12H14BrN3/c1-8-2-4-9(5-3-8)11-12(13)16-10(15-11)6-7-14/h2-5H,6-7,14H2,1H3,(H,15,16). The Balaban J connectivity index is 2.36. The van der Waals surface area contributed by atoms with Crippen molar-refractivity contribution in [2.75, 3.05) is 6.54 Å². The highest BCUT2D eigenvalue weighted by molar-refractivity contribution is 9.10. The van der Waals surface area contributed by atoms with Gasteiger partial charge in [-0.1, -0.05) is 29.8 Å². The minimum absolute atomic E-state index is 0.604. The zero-order valence-corrected chi connectivity index (χ0v) is 10.7. The van der Waals surface area contributed by atoms with Gasteiger partial charge in [0.2, 0.25) is 0 Å². The zero-order chi connectivity index (χ0) is 11.5. The number of H-pyrrole nitrogens is 1. The van der Waals surface area contributed by atoms with Crippen LogP contribution in [0.4, 0.5) is 0 Å². The van der Waals surface area contributed by atoms with Crippen LogP contribution < -0.4 is 5.73 Å². The molecule has 0 bridgehead atoms. The maximum atomic E-state index is 5.50. The summed E-state index contributed by atoms with van der Waals surface area (Å²) in [6.07, 6.45) is 0.768. The fourth-order valence-corrected chi connectivity index (χ4v) is 2.10. The molecule has 1 heterocycles. The van der Waals surface area contributed by atoms with Crippen LogP contribution in [0.5, 0.6) is 0 Å². The molecule has 0 unspecified atom stereocenters. The third kappa shape index (κ3) is 2.33. The van der Waals surface area contributed by atoms with Gasteiger partial charge in [-0.15, -0.1) is 0 Å². The lowest BCUT2D eigenvalue weighted by molar-refractivity contribution is 0.893. The first-order valence-corrected chi connectivity index (χ1v) is 6.01. The Bertz CT molecular complexity index is 474. The topological polar surface area (TPSA) is 54.7 Å². The van der Waals surface area contributed by atoms with E-state index in [1.54, 1.807) is 0 Å². The Morgan fingerprint density at radius 3 is 2.62 bits per heavy atom. The number of nitrogens with zero attached hydrogens (tertiary/aromatic N) is 1. The van der Waals surface area contributed by atoms with E-state index < -0.39 is 0 Å². The third-order valence-corrected chi connectivity index (χ3v) is 2.99. The van der Waals surface area contributed by atoms with Crippen LogP contribution in [0.25, 0.3) is 11.3 Å². The first kappa shape index (κ1) is 11.4. The Labute approximate surface area is 103 Å². The third-order valence-electron chi connectivity index (χ3n) is 2.41. The van der Waals surface area contributed by atoms with E-state index in [9.17, 15) is 0 Å². The number of aromatic amines is 1. The smallest absolute Gasteiger partial charge is 0.110 e. The van der Waals surface area contributed by atoms with Gasteiger partial charge in [0.15, 0.2) is 0 Å². The lowest BCUT2D eigenvalue weighted by atomic mass is 10.1. The molecule has 0 saturated heterocycles. The number of hydrogen-bond acceptors (Lipinski definition) is 2. The predicted octanol–water partition coefficient (Wildman–Crippen LogP) is 2.65. The summed E-state index contributed by atoms with van der Waals surface area (Å²) in [7, 11) is 0. The fourth-order valence-electron chi connectivity index (χ4n) is 1.56. The van der Waals surface area contributed by atoms with Gasteiger partial charge in [-0.05, 0) is 29.4 Å². The summed E-state index contributed by atoms with van der Waals surface area (Å²) in [4.78, 5) is 7.70. The molecule has 0 radical (unpaired) electrons. The van der Waals surface area contributed by atoms with Crippen molar-refractivity contribution in [2.24, 2.45) is 5.73 Å². The molecule has 0 atom stereocenters. The monoisotopic (exact) mass is 279 g/mol. The fraction of sp³-hybridized carbons (Fsp3) is 0.250. The number of imidazole rings is 1. The van der Waals surface area contributed by atoms with Crippen molar-refractivity contribution in [3.05, 3.63) is 40.3 Å². The van der Waals surface area contributed by atoms with Gasteiger partial charge in [-0.2, -0.15) is 0 Å². The summed E-state index contributed by atoms with van der Waals surface area (Å²) < 4.78 is 0.916. The van der Waals surface area contributed by atoms with E-state index in [0.717, 1.165) is 28.1 Å². The van der Waals surface area contributed by atoms with Crippen LogP contribution in [0.15, 0.2) is 28.9 Å². The maximum absolute atomic E-state index is 5.50. The van der Waals surface area contributed by atoms with E-state index in [1.807, 2.05) is 0 Å². The molecule has 16 heavy (non-hydrogen) atoms. The molecule has 0 aliphatic rings. The molecule has 0 spiro atoms. The average Bonchev–Trinajstić information content (AvgIpc) is 2.61. The van der Waals surface area contributed by atoms with Gasteiger partial charge in [0.05, 0.1) is 0 Å². The second-order valence-corrected chi connectivity index (χ2v) is 4.54. The molecule has 0 aliphatic carbocycles. The summed E-state index contributed by atoms with van der Waals surface area (Å²) >= 11 is 3.48. The summed E-state index contributed by atoms with van der Waals surface area (Å²) in [5.41, 5.74) is 8.81. The Morgan fingerprint density at radius 1 is 1.31 bits per heavy atom. The zero-order valence-electron chi connectivity index (χ0n) is 9.13. The van der Waals surface area contributed by atoms with Crippen molar-refractivity contribution in [3.63, 3.8) is 0 Å². The highest BCUT2D eigenvalue weighted by Crippen LogP contribution is 2.26. The molecule has 0 amide bonds. The van der Waals surface area contributed by atoms with E-state index >= 15 is 0 Å². The summed E-state index contributed by atoms with van der Waals surface area (Å²) in [6, 6.07) is 8.31. The van der Waals surface area contributed by atoms with E-state index in [2.05, 4.69) is 57.1 Å². The number of nitrogens with two attached hydrogens (primary N) is 1. The van der Waals surface area contributed by atoms with Crippen LogP contribution in [0, 0.1) is 6.92 Å². The molecular formula is C12H14BrN3. The quantitative estimate of drug-likeness (QED) is 0.908. The maximum Gasteiger partial charge on any atom is 0.110 e. The summed E-state index contributed by atoms with van der Waals surface area (Å²) in [5, 5.41) is 0. The lowest BCUT2D eigenvalue weighted by Crippen LogP contribution is -2.03. The molecule has 0 saturated carbocycles. The van der Waals surface area contributed by atoms with Gasteiger partial charge in [-0.25, -0.2) is 4.98 Å². The summed E-state index contributed by atoms with van der Waals surface area (Å²) in [5.74, 6) is 0.921. The number of aryl methyl sites for hydroxylation is 1. The molecule has 1 aromatic carbocycles. The molecule has 84 valence electrons. The van der Waals surface area contributed by atoms with Gasteiger partial charge in [0.1, 0.15) is 16.1 Å². The molecule has 1 aromatic heterocycles. The predicted molar refractivity (Wildman–Crippen MR) is 69.2 cm³/mol. The Kier molecular flexibility index (Phi) is 3.41. The van der Waals surface area contributed by atoms with E-state index in [4.69, 9.17) is 5.73 Å². The number of aromatic nitrogens is 2. The number of hydrogen-bond donors (Lipinski definition) is 2. The molecule has 4 heteroatoms. The van der Waals surface area contributed by atoms with E-state index in [-0.39, 0.29) is 0 Å². The summed E-state index contributed by atoms with van der Waals surface area (Å²) in [6.45, 7) is 2.68. The van der Waals surface area contributed by atoms with Gasteiger partial charge in [0.25, 0.3) is 0 Å². The van der Waals surface area contributed by atoms with Crippen LogP contribution >= 0.6 is 15.9 Å². The number of rotatable bonds is 3. The van der Waals surface area contributed by atoms with Crippen LogP contribution in [-0.2, 0) is 6.42 Å². The Morgan fingerprint density at radius 2 is 2.00 bits per heavy atom. The Hall–Kier alpha value is -1.13. The van der Waals surface area contributed by atoms with Crippen molar-refractivity contribution >= 4 is 15.9 Å². The van der Waals surface area contributed by atoms with E-state index in [0.29, 0.717) is 6.54 Å². The first-order valence-electron chi connectivity index (χ1n) is 5.22. The molecule has 3 N–H and O–H groups in total. The van der Waals surface area contributed by atoms with E-state index in [1.165, 1.54) is 5.56 Å². The van der Waals surface area contributed by atoms with Crippen molar-refractivity contribution in [3.8, 4) is 11.3 Å². The number of nitrogens with one attached hydrogen (secondary N) is 1. The molecule has 3 nitrogen and oxygen atoms in total. The largest absolute Gasteiger partial charge is 0.336 e. The lowest BCUT2D eigenvalue weighted by Gasteiger charge is -1.98. The van der Waals surface area contributed by atoms with Crippen molar-refractivity contribution in [2.45, 2.75) is 13.3 Å². The molecule has 2 rings (SSSR count). The van der Waals surface area contributed by atoms with Gasteiger partial charge in [0, 0.05) is 12.0 Å². The van der Waals surface area contributed by atoms with Crippen LogP contribution in [0.1, 0.15) is 11.4 Å². The van der Waals surface area contributed by atoms with Gasteiger partial charge >= 0.3 is 0 Å². The van der Waals surface area contributed by atoms with Gasteiger partial charge < -0.3 is 10.7 Å². The molecule has 0 fully saturated rings. The highest BCUT2D eigenvalue weighted by atomic mass is 79.9. The second kappa shape index (κ2) is 4.80. The van der Waals surface area contributed by atoms with Crippen molar-refractivity contribution < 1.29 is 0 Å². The van der Waals surface area contributed by atoms with Crippen LogP contribution in [0.2, 0.25) is 0 Å².